The molecule has 0 unspecified atom stereocenters. The second kappa shape index (κ2) is 4.15. The van der Waals surface area contributed by atoms with Crippen LogP contribution in [-0.4, -0.2) is 7.11 Å². The molecule has 0 aromatic rings. The summed E-state index contributed by atoms with van der Waals surface area (Å²) >= 11 is 0. The zero-order chi connectivity index (χ0) is 8.97. The molecule has 1 aliphatic rings. The van der Waals surface area contributed by atoms with E-state index in [2.05, 4.69) is 19.6 Å². The van der Waals surface area contributed by atoms with Crippen molar-refractivity contribution >= 4 is 0 Å². The van der Waals surface area contributed by atoms with Gasteiger partial charge in [0.25, 0.3) is 0 Å². The topological polar surface area (TPSA) is 9.23 Å². The molecule has 0 bridgehead atoms. The molecule has 0 atom stereocenters. The molecule has 0 aliphatic heterocycles. The van der Waals surface area contributed by atoms with Gasteiger partial charge in [0.2, 0.25) is 0 Å². The molecule has 0 aromatic heterocycles. The monoisotopic (exact) mass is 164 g/mol. The SMILES string of the molecule is C=C/C(OC)=C1/CCC/C1=C/C. The Labute approximate surface area is 74.4 Å². The van der Waals surface area contributed by atoms with Crippen molar-refractivity contribution in [3.05, 3.63) is 35.6 Å². The van der Waals surface area contributed by atoms with E-state index in [0.29, 0.717) is 0 Å². The van der Waals surface area contributed by atoms with Crippen molar-refractivity contribution in [3.8, 4) is 0 Å². The molecule has 0 heterocycles. The number of rotatable bonds is 2. The summed E-state index contributed by atoms with van der Waals surface area (Å²) in [5.74, 6) is 0.945. The maximum atomic E-state index is 5.24. The third-order valence-corrected chi connectivity index (χ3v) is 2.31. The van der Waals surface area contributed by atoms with E-state index in [1.165, 1.54) is 24.0 Å². The molecular weight excluding hydrogens is 148 g/mol. The first kappa shape index (κ1) is 9.11. The summed E-state index contributed by atoms with van der Waals surface area (Å²) in [4.78, 5) is 0. The molecule has 1 heteroatoms. The van der Waals surface area contributed by atoms with Crippen LogP contribution in [0.15, 0.2) is 35.6 Å². The lowest BCUT2D eigenvalue weighted by atomic mass is 10.1. The van der Waals surface area contributed by atoms with Gasteiger partial charge in [-0.1, -0.05) is 12.7 Å². The third kappa shape index (κ3) is 1.60. The van der Waals surface area contributed by atoms with Crippen LogP contribution in [0.1, 0.15) is 26.2 Å². The Balaban J connectivity index is 2.98. The van der Waals surface area contributed by atoms with Crippen LogP contribution in [0.4, 0.5) is 0 Å². The van der Waals surface area contributed by atoms with Gasteiger partial charge < -0.3 is 4.74 Å². The van der Waals surface area contributed by atoms with Gasteiger partial charge in [-0.3, -0.25) is 0 Å². The van der Waals surface area contributed by atoms with E-state index in [0.717, 1.165) is 12.2 Å². The fraction of sp³-hybridized carbons (Fsp3) is 0.455. The lowest BCUT2D eigenvalue weighted by Gasteiger charge is -2.06. The summed E-state index contributed by atoms with van der Waals surface area (Å²) in [7, 11) is 1.70. The van der Waals surface area contributed by atoms with E-state index in [-0.39, 0.29) is 0 Å². The predicted molar refractivity (Wildman–Crippen MR) is 51.8 cm³/mol. The second-order valence-electron chi connectivity index (χ2n) is 2.92. The number of methoxy groups -OCH3 is 1. The molecule has 0 amide bonds. The van der Waals surface area contributed by atoms with Crippen molar-refractivity contribution < 1.29 is 4.74 Å². The molecule has 1 rings (SSSR count). The first-order valence-corrected chi connectivity index (χ1v) is 4.38. The Morgan fingerprint density at radius 3 is 2.75 bits per heavy atom. The number of hydrogen-bond donors (Lipinski definition) is 0. The van der Waals surface area contributed by atoms with Crippen molar-refractivity contribution in [1.29, 1.82) is 0 Å². The number of allylic oxidation sites excluding steroid dienone is 4. The van der Waals surface area contributed by atoms with Gasteiger partial charge in [0.15, 0.2) is 0 Å². The average Bonchev–Trinajstić information content (AvgIpc) is 2.55. The fourth-order valence-electron chi connectivity index (χ4n) is 1.70. The predicted octanol–water partition coefficient (Wildman–Crippen LogP) is 3.20. The van der Waals surface area contributed by atoms with Crippen molar-refractivity contribution in [2.24, 2.45) is 0 Å². The zero-order valence-corrected chi connectivity index (χ0v) is 7.89. The minimum Gasteiger partial charge on any atom is -0.496 e. The highest BCUT2D eigenvalue weighted by atomic mass is 16.5. The van der Waals surface area contributed by atoms with E-state index >= 15 is 0 Å². The Bertz CT molecular complexity index is 233. The highest BCUT2D eigenvalue weighted by Crippen LogP contribution is 2.32. The third-order valence-electron chi connectivity index (χ3n) is 2.31. The lowest BCUT2D eigenvalue weighted by molar-refractivity contribution is 0.302. The molecule has 1 nitrogen and oxygen atoms in total. The van der Waals surface area contributed by atoms with Gasteiger partial charge in [-0.25, -0.2) is 0 Å². The standard InChI is InChI=1S/C11H16O/c1-4-9-7-6-8-10(9)11(5-2)12-3/h4-5H,2,6-8H2,1,3H3/b9-4-,11-10+. The smallest absolute Gasteiger partial charge is 0.121 e. The zero-order valence-electron chi connectivity index (χ0n) is 7.89. The second-order valence-corrected chi connectivity index (χ2v) is 2.92. The summed E-state index contributed by atoms with van der Waals surface area (Å²) in [6, 6.07) is 0. The Kier molecular flexibility index (Phi) is 3.15. The summed E-state index contributed by atoms with van der Waals surface area (Å²) in [5.41, 5.74) is 2.77. The van der Waals surface area contributed by atoms with Gasteiger partial charge in [0, 0.05) is 0 Å². The summed E-state index contributed by atoms with van der Waals surface area (Å²) < 4.78 is 5.24. The van der Waals surface area contributed by atoms with Gasteiger partial charge in [-0.2, -0.15) is 0 Å². The Morgan fingerprint density at radius 2 is 2.25 bits per heavy atom. The van der Waals surface area contributed by atoms with Crippen molar-refractivity contribution in [2.45, 2.75) is 26.2 Å². The van der Waals surface area contributed by atoms with Gasteiger partial charge in [0.05, 0.1) is 7.11 Å². The van der Waals surface area contributed by atoms with Crippen LogP contribution < -0.4 is 0 Å². The Morgan fingerprint density at radius 1 is 1.50 bits per heavy atom. The molecule has 0 spiro atoms. The van der Waals surface area contributed by atoms with Crippen molar-refractivity contribution in [3.63, 3.8) is 0 Å². The lowest BCUT2D eigenvalue weighted by Crippen LogP contribution is -1.89. The van der Waals surface area contributed by atoms with E-state index in [9.17, 15) is 0 Å². The summed E-state index contributed by atoms with van der Waals surface area (Å²) in [5, 5.41) is 0. The molecular formula is C11H16O. The van der Waals surface area contributed by atoms with E-state index in [1.54, 1.807) is 13.2 Å². The van der Waals surface area contributed by atoms with Crippen LogP contribution >= 0.6 is 0 Å². The number of ether oxygens (including phenoxy) is 1. The molecule has 1 aliphatic carbocycles. The number of hydrogen-bond acceptors (Lipinski definition) is 1. The van der Waals surface area contributed by atoms with Crippen LogP contribution in [0.5, 0.6) is 0 Å². The largest absolute Gasteiger partial charge is 0.496 e. The maximum absolute atomic E-state index is 5.24. The quantitative estimate of drug-likeness (QED) is 0.569. The van der Waals surface area contributed by atoms with E-state index in [4.69, 9.17) is 4.74 Å². The molecule has 12 heavy (non-hydrogen) atoms. The molecule has 1 fully saturated rings. The first-order chi connectivity index (χ1) is 5.83. The summed E-state index contributed by atoms with van der Waals surface area (Å²) in [6.07, 6.45) is 7.53. The highest BCUT2D eigenvalue weighted by molar-refractivity contribution is 5.39. The van der Waals surface area contributed by atoms with Gasteiger partial charge >= 0.3 is 0 Å². The molecule has 0 radical (unpaired) electrons. The van der Waals surface area contributed by atoms with E-state index < -0.39 is 0 Å². The highest BCUT2D eigenvalue weighted by Gasteiger charge is 2.16. The van der Waals surface area contributed by atoms with Gasteiger partial charge in [0.1, 0.15) is 5.76 Å². The average molecular weight is 164 g/mol. The fourth-order valence-corrected chi connectivity index (χ4v) is 1.70. The van der Waals surface area contributed by atoms with Crippen LogP contribution in [0.3, 0.4) is 0 Å². The normalized spacial score (nSPS) is 24.3. The minimum absolute atomic E-state index is 0.945. The molecule has 0 saturated heterocycles. The van der Waals surface area contributed by atoms with Crippen molar-refractivity contribution in [2.75, 3.05) is 7.11 Å². The van der Waals surface area contributed by atoms with Crippen LogP contribution in [-0.2, 0) is 4.74 Å². The minimum atomic E-state index is 0.945. The van der Waals surface area contributed by atoms with Crippen LogP contribution in [0, 0.1) is 0 Å². The van der Waals surface area contributed by atoms with Crippen LogP contribution in [0.2, 0.25) is 0 Å². The first-order valence-electron chi connectivity index (χ1n) is 4.38. The summed E-state index contributed by atoms with van der Waals surface area (Å²) in [6.45, 7) is 5.82. The molecule has 1 saturated carbocycles. The Hall–Kier alpha value is -0.980. The van der Waals surface area contributed by atoms with Gasteiger partial charge in [-0.05, 0) is 43.4 Å². The van der Waals surface area contributed by atoms with Gasteiger partial charge in [-0.15, -0.1) is 0 Å². The van der Waals surface area contributed by atoms with E-state index in [1.807, 2.05) is 0 Å². The molecule has 66 valence electrons. The molecule has 0 aromatic carbocycles. The van der Waals surface area contributed by atoms with Crippen molar-refractivity contribution in [1.82, 2.24) is 0 Å². The maximum Gasteiger partial charge on any atom is 0.121 e. The molecule has 0 N–H and O–H groups in total. The van der Waals surface area contributed by atoms with Crippen LogP contribution in [0.25, 0.3) is 0 Å².